The van der Waals surface area contributed by atoms with Crippen molar-refractivity contribution in [3.8, 4) is 11.6 Å². The zero-order valence-electron chi connectivity index (χ0n) is 21.9. The average Bonchev–Trinajstić information content (AvgIpc) is 3.58. The standard InChI is InChI=1S/C33H21BrN4O4/c34-24-13-14-29-22(15-24)16-30(42-29)31-36-27-7-3-1-6-26(27)32(39)38(31)35-17-23-19-37(28-8-4-2-5-25(23)28)18-20-9-11-21(12-10-20)33(40)41/h1-17,19H,18H2,(H,40,41). The number of rotatable bonds is 6. The lowest BCUT2D eigenvalue weighted by atomic mass is 10.1. The Morgan fingerprint density at radius 1 is 0.952 bits per heavy atom. The molecule has 0 unspecified atom stereocenters. The Bertz CT molecular complexity index is 2240. The number of carboxylic acids is 1. The molecule has 7 rings (SSSR count). The molecule has 4 aromatic carbocycles. The van der Waals surface area contributed by atoms with Gasteiger partial charge < -0.3 is 14.1 Å². The van der Waals surface area contributed by atoms with Crippen molar-refractivity contribution < 1.29 is 14.3 Å². The number of nitrogens with zero attached hydrogens (tertiary/aromatic N) is 4. The normalized spacial score (nSPS) is 11.7. The Kier molecular flexibility index (Phi) is 6.28. The van der Waals surface area contributed by atoms with Crippen molar-refractivity contribution in [2.45, 2.75) is 6.54 Å². The third-order valence-corrected chi connectivity index (χ3v) is 7.63. The van der Waals surface area contributed by atoms with Gasteiger partial charge in [-0.1, -0.05) is 58.4 Å². The number of carboxylic acid groups (broad SMARTS) is 1. The second-order valence-electron chi connectivity index (χ2n) is 9.84. The highest BCUT2D eigenvalue weighted by Crippen LogP contribution is 2.29. The Labute approximate surface area is 246 Å². The molecule has 0 saturated carbocycles. The van der Waals surface area contributed by atoms with E-state index in [1.807, 2.05) is 72.9 Å². The molecular weight excluding hydrogens is 596 g/mol. The van der Waals surface area contributed by atoms with Gasteiger partial charge in [-0.15, -0.1) is 0 Å². The second-order valence-corrected chi connectivity index (χ2v) is 10.8. The number of halogens is 1. The highest BCUT2D eigenvalue weighted by molar-refractivity contribution is 9.10. The van der Waals surface area contributed by atoms with Gasteiger partial charge in [0.2, 0.25) is 5.82 Å². The summed E-state index contributed by atoms with van der Waals surface area (Å²) in [6.07, 6.45) is 3.63. The minimum atomic E-state index is -0.959. The number of aromatic carboxylic acids is 1. The van der Waals surface area contributed by atoms with E-state index in [-0.39, 0.29) is 11.1 Å². The van der Waals surface area contributed by atoms with E-state index in [2.05, 4.69) is 25.6 Å². The van der Waals surface area contributed by atoms with Crippen molar-refractivity contribution >= 4 is 60.9 Å². The topological polar surface area (TPSA) is 103 Å². The summed E-state index contributed by atoms with van der Waals surface area (Å²) in [6.45, 7) is 0.533. The largest absolute Gasteiger partial charge is 0.478 e. The molecule has 1 N–H and O–H groups in total. The summed E-state index contributed by atoms with van der Waals surface area (Å²) >= 11 is 3.50. The number of carbonyl (C=O) groups is 1. The Hall–Kier alpha value is -5.28. The molecule has 0 spiro atoms. The lowest BCUT2D eigenvalue weighted by Gasteiger charge is -2.07. The van der Waals surface area contributed by atoms with E-state index in [0.29, 0.717) is 34.6 Å². The van der Waals surface area contributed by atoms with Gasteiger partial charge in [-0.05, 0) is 60.2 Å². The molecule has 0 aliphatic rings. The minimum absolute atomic E-state index is 0.242. The smallest absolute Gasteiger partial charge is 0.335 e. The molecule has 0 radical (unpaired) electrons. The van der Waals surface area contributed by atoms with E-state index >= 15 is 0 Å². The molecule has 0 aliphatic carbocycles. The third kappa shape index (κ3) is 4.59. The van der Waals surface area contributed by atoms with Crippen LogP contribution in [-0.4, -0.2) is 31.5 Å². The summed E-state index contributed by atoms with van der Waals surface area (Å²) in [7, 11) is 0. The maximum absolute atomic E-state index is 13.7. The lowest BCUT2D eigenvalue weighted by Crippen LogP contribution is -2.20. The molecule has 3 aromatic heterocycles. The predicted octanol–water partition coefficient (Wildman–Crippen LogP) is 7.16. The molecule has 9 heteroatoms. The Morgan fingerprint density at radius 2 is 1.71 bits per heavy atom. The lowest BCUT2D eigenvalue weighted by molar-refractivity contribution is 0.0697. The van der Waals surface area contributed by atoms with Crippen LogP contribution in [0.4, 0.5) is 0 Å². The van der Waals surface area contributed by atoms with E-state index < -0.39 is 5.97 Å². The second kappa shape index (κ2) is 10.3. The monoisotopic (exact) mass is 616 g/mol. The van der Waals surface area contributed by atoms with E-state index in [4.69, 9.17) is 9.40 Å². The van der Waals surface area contributed by atoms with Gasteiger partial charge >= 0.3 is 5.97 Å². The van der Waals surface area contributed by atoms with Crippen molar-refractivity contribution in [2.75, 3.05) is 0 Å². The van der Waals surface area contributed by atoms with Gasteiger partial charge in [0.15, 0.2) is 5.76 Å². The highest BCUT2D eigenvalue weighted by atomic mass is 79.9. The predicted molar refractivity (Wildman–Crippen MR) is 166 cm³/mol. The maximum atomic E-state index is 13.7. The number of para-hydroxylation sites is 2. The first-order chi connectivity index (χ1) is 20.4. The summed E-state index contributed by atoms with van der Waals surface area (Å²) in [5.74, 6) is -0.236. The van der Waals surface area contributed by atoms with Gasteiger partial charge in [-0.25, -0.2) is 9.78 Å². The van der Waals surface area contributed by atoms with Crippen LogP contribution in [0.1, 0.15) is 21.5 Å². The summed E-state index contributed by atoms with van der Waals surface area (Å²) < 4.78 is 10.4. The number of aromatic nitrogens is 3. The summed E-state index contributed by atoms with van der Waals surface area (Å²) in [6, 6.07) is 29.5. The van der Waals surface area contributed by atoms with Gasteiger partial charge in [0.25, 0.3) is 5.56 Å². The number of furan rings is 1. The molecule has 0 bridgehead atoms. The molecule has 0 amide bonds. The Balaban J connectivity index is 1.34. The molecular formula is C33H21BrN4O4. The van der Waals surface area contributed by atoms with Gasteiger partial charge in [0.05, 0.1) is 22.7 Å². The van der Waals surface area contributed by atoms with Gasteiger partial charge in [0.1, 0.15) is 5.58 Å². The fraction of sp³-hybridized carbons (Fsp3) is 0.0303. The van der Waals surface area contributed by atoms with Crippen molar-refractivity contribution in [1.29, 1.82) is 0 Å². The first-order valence-electron chi connectivity index (χ1n) is 13.1. The SMILES string of the molecule is O=C(O)c1ccc(Cn2cc(C=Nn3c(-c4cc5cc(Br)ccc5o4)nc4ccccc4c3=O)c3ccccc32)cc1. The fourth-order valence-electron chi connectivity index (χ4n) is 5.09. The van der Waals surface area contributed by atoms with Crippen LogP contribution in [0.3, 0.4) is 0 Å². The number of fused-ring (bicyclic) bond motifs is 3. The minimum Gasteiger partial charge on any atom is -0.478 e. The number of hydrogen-bond acceptors (Lipinski definition) is 5. The van der Waals surface area contributed by atoms with Crippen LogP contribution in [0.25, 0.3) is 44.4 Å². The van der Waals surface area contributed by atoms with Crippen molar-refractivity contribution in [1.82, 2.24) is 14.2 Å². The molecule has 8 nitrogen and oxygen atoms in total. The van der Waals surface area contributed by atoms with Gasteiger partial charge in [-0.2, -0.15) is 9.78 Å². The molecule has 0 saturated heterocycles. The van der Waals surface area contributed by atoms with Crippen molar-refractivity contribution in [2.24, 2.45) is 5.10 Å². The molecule has 42 heavy (non-hydrogen) atoms. The van der Waals surface area contributed by atoms with Crippen molar-refractivity contribution in [3.05, 3.63) is 135 Å². The molecule has 204 valence electrons. The summed E-state index contributed by atoms with van der Waals surface area (Å²) in [5, 5.41) is 16.2. The van der Waals surface area contributed by atoms with E-state index in [1.165, 1.54) is 4.68 Å². The maximum Gasteiger partial charge on any atom is 0.335 e. The molecule has 0 atom stereocenters. The van der Waals surface area contributed by atoms with Gasteiger partial charge in [-0.3, -0.25) is 4.79 Å². The summed E-state index contributed by atoms with van der Waals surface area (Å²) in [5.41, 5.74) is 3.90. The molecule has 3 heterocycles. The van der Waals surface area contributed by atoms with E-state index in [1.54, 1.807) is 36.5 Å². The van der Waals surface area contributed by atoms with Crippen LogP contribution in [0.2, 0.25) is 0 Å². The first kappa shape index (κ1) is 25.7. The average molecular weight is 617 g/mol. The van der Waals surface area contributed by atoms with Crippen LogP contribution in [-0.2, 0) is 6.54 Å². The summed E-state index contributed by atoms with van der Waals surface area (Å²) in [4.78, 5) is 29.7. The van der Waals surface area contributed by atoms with Crippen LogP contribution in [0.15, 0.2) is 122 Å². The van der Waals surface area contributed by atoms with Crippen LogP contribution >= 0.6 is 15.9 Å². The molecule has 0 fully saturated rings. The molecule has 0 aliphatic heterocycles. The van der Waals surface area contributed by atoms with Crippen LogP contribution in [0, 0.1) is 0 Å². The number of hydrogen-bond donors (Lipinski definition) is 1. The van der Waals surface area contributed by atoms with Gasteiger partial charge in [0, 0.05) is 39.1 Å². The third-order valence-electron chi connectivity index (χ3n) is 7.14. The fourth-order valence-corrected chi connectivity index (χ4v) is 5.47. The van der Waals surface area contributed by atoms with Crippen molar-refractivity contribution in [3.63, 3.8) is 0 Å². The highest BCUT2D eigenvalue weighted by Gasteiger charge is 2.17. The van der Waals surface area contributed by atoms with Crippen LogP contribution < -0.4 is 5.56 Å². The quantitative estimate of drug-likeness (QED) is 0.200. The zero-order chi connectivity index (χ0) is 28.8. The molecule has 7 aromatic rings. The number of benzene rings is 4. The van der Waals surface area contributed by atoms with Crippen LogP contribution in [0.5, 0.6) is 0 Å². The first-order valence-corrected chi connectivity index (χ1v) is 13.9. The Morgan fingerprint density at radius 3 is 2.52 bits per heavy atom. The van der Waals surface area contributed by atoms with E-state index in [9.17, 15) is 14.7 Å². The zero-order valence-corrected chi connectivity index (χ0v) is 23.5. The van der Waals surface area contributed by atoms with E-state index in [0.717, 1.165) is 31.9 Å².